The van der Waals surface area contributed by atoms with E-state index in [1.807, 2.05) is 18.7 Å². The number of Topliss-reactive ketones (excluding diaryl/α,β-unsaturated/α-hetero) is 1. The number of hydrogen-bond donors (Lipinski definition) is 0. The van der Waals surface area contributed by atoms with Crippen molar-refractivity contribution in [2.45, 2.75) is 64.8 Å². The predicted octanol–water partition coefficient (Wildman–Crippen LogP) is 2.54. The largest absolute Gasteiger partial charge is 0.337 e. The molecule has 0 aromatic carbocycles. The Hall–Kier alpha value is -0.860. The summed E-state index contributed by atoms with van der Waals surface area (Å²) >= 11 is 0. The molecular weight excluding hydrogens is 202 g/mol. The van der Waals surface area contributed by atoms with E-state index in [1.165, 1.54) is 0 Å². The van der Waals surface area contributed by atoms with E-state index in [4.69, 9.17) is 0 Å². The summed E-state index contributed by atoms with van der Waals surface area (Å²) in [6.07, 6.45) is 4.88. The van der Waals surface area contributed by atoms with Gasteiger partial charge < -0.3 is 4.90 Å². The van der Waals surface area contributed by atoms with E-state index in [-0.39, 0.29) is 17.2 Å². The van der Waals surface area contributed by atoms with Crippen LogP contribution in [0, 0.1) is 0 Å². The maximum absolute atomic E-state index is 12.0. The summed E-state index contributed by atoms with van der Waals surface area (Å²) in [5.41, 5.74) is -0.279. The van der Waals surface area contributed by atoms with E-state index in [0.717, 1.165) is 19.3 Å². The minimum absolute atomic E-state index is 0.214. The van der Waals surface area contributed by atoms with Gasteiger partial charge in [0.05, 0.1) is 0 Å². The summed E-state index contributed by atoms with van der Waals surface area (Å²) < 4.78 is 0. The Bertz CT molecular complexity index is 271. The first-order chi connectivity index (χ1) is 7.47. The molecule has 0 bridgehead atoms. The Morgan fingerprint density at radius 3 is 2.62 bits per heavy atom. The molecular formula is C13H23NO2. The predicted molar refractivity (Wildman–Crippen MR) is 64.2 cm³/mol. The lowest BCUT2D eigenvalue weighted by Crippen LogP contribution is -2.53. The second-order valence-corrected chi connectivity index (χ2v) is 5.28. The van der Waals surface area contributed by atoms with Crippen LogP contribution in [0.4, 0.5) is 0 Å². The zero-order valence-electron chi connectivity index (χ0n) is 10.7. The fraction of sp³-hybridized carbons (Fsp3) is 0.846. The van der Waals surface area contributed by atoms with E-state index in [9.17, 15) is 9.59 Å². The number of unbranched alkanes of at least 4 members (excludes halogenated alkanes) is 2. The molecule has 1 saturated heterocycles. The van der Waals surface area contributed by atoms with Crippen LogP contribution in [-0.2, 0) is 9.59 Å². The highest BCUT2D eigenvalue weighted by Crippen LogP contribution is 2.26. The molecule has 1 rings (SSSR count). The SMILES string of the molecule is CCCCCC(=O)N1CCC(=O)CC1(C)C. The first-order valence-electron chi connectivity index (χ1n) is 6.29. The molecule has 1 heterocycles. The van der Waals surface area contributed by atoms with Crippen molar-refractivity contribution in [2.75, 3.05) is 6.54 Å². The van der Waals surface area contributed by atoms with Gasteiger partial charge in [-0.05, 0) is 20.3 Å². The van der Waals surface area contributed by atoms with Crippen molar-refractivity contribution in [1.82, 2.24) is 4.90 Å². The number of piperidine rings is 1. The number of carbonyl (C=O) groups is 2. The summed E-state index contributed by atoms with van der Waals surface area (Å²) in [7, 11) is 0. The number of carbonyl (C=O) groups excluding carboxylic acids is 2. The monoisotopic (exact) mass is 225 g/mol. The van der Waals surface area contributed by atoms with Gasteiger partial charge in [0.15, 0.2) is 0 Å². The molecule has 0 aliphatic carbocycles. The van der Waals surface area contributed by atoms with Crippen LogP contribution in [0.2, 0.25) is 0 Å². The smallest absolute Gasteiger partial charge is 0.223 e. The van der Waals surface area contributed by atoms with Crippen LogP contribution >= 0.6 is 0 Å². The fourth-order valence-corrected chi connectivity index (χ4v) is 2.33. The third-order valence-electron chi connectivity index (χ3n) is 3.27. The molecule has 3 nitrogen and oxygen atoms in total. The van der Waals surface area contributed by atoms with Gasteiger partial charge in [0.1, 0.15) is 5.78 Å². The molecule has 1 fully saturated rings. The van der Waals surface area contributed by atoms with E-state index < -0.39 is 0 Å². The van der Waals surface area contributed by atoms with Gasteiger partial charge in [-0.1, -0.05) is 19.8 Å². The number of ketones is 1. The topological polar surface area (TPSA) is 37.4 Å². The number of amides is 1. The highest BCUT2D eigenvalue weighted by molar-refractivity contribution is 5.85. The van der Waals surface area contributed by atoms with Crippen LogP contribution in [-0.4, -0.2) is 28.7 Å². The molecule has 16 heavy (non-hydrogen) atoms. The van der Waals surface area contributed by atoms with E-state index in [0.29, 0.717) is 25.8 Å². The molecule has 1 aliphatic heterocycles. The highest BCUT2D eigenvalue weighted by Gasteiger charge is 2.36. The van der Waals surface area contributed by atoms with Crippen LogP contribution in [0.15, 0.2) is 0 Å². The van der Waals surface area contributed by atoms with Gasteiger partial charge in [0, 0.05) is 31.3 Å². The van der Waals surface area contributed by atoms with Crippen molar-refractivity contribution in [1.29, 1.82) is 0 Å². The lowest BCUT2D eigenvalue weighted by Gasteiger charge is -2.41. The van der Waals surface area contributed by atoms with Crippen molar-refractivity contribution in [2.24, 2.45) is 0 Å². The number of rotatable bonds is 4. The lowest BCUT2D eigenvalue weighted by atomic mass is 9.89. The van der Waals surface area contributed by atoms with E-state index in [1.54, 1.807) is 0 Å². The van der Waals surface area contributed by atoms with E-state index >= 15 is 0 Å². The van der Waals surface area contributed by atoms with Gasteiger partial charge >= 0.3 is 0 Å². The summed E-state index contributed by atoms with van der Waals surface area (Å²) in [6, 6.07) is 0. The molecule has 0 N–H and O–H groups in total. The van der Waals surface area contributed by atoms with Gasteiger partial charge in [-0.25, -0.2) is 0 Å². The normalized spacial score (nSPS) is 19.9. The molecule has 0 aromatic heterocycles. The van der Waals surface area contributed by atoms with Crippen LogP contribution < -0.4 is 0 Å². The molecule has 0 aromatic rings. The zero-order valence-corrected chi connectivity index (χ0v) is 10.7. The second kappa shape index (κ2) is 5.46. The minimum atomic E-state index is -0.279. The number of nitrogens with zero attached hydrogens (tertiary/aromatic N) is 1. The Kier molecular flexibility index (Phi) is 4.51. The van der Waals surface area contributed by atoms with Gasteiger partial charge in [-0.2, -0.15) is 0 Å². The van der Waals surface area contributed by atoms with Crippen molar-refractivity contribution in [3.63, 3.8) is 0 Å². The van der Waals surface area contributed by atoms with Crippen molar-refractivity contribution in [3.8, 4) is 0 Å². The first-order valence-corrected chi connectivity index (χ1v) is 6.29. The zero-order chi connectivity index (χ0) is 12.2. The quantitative estimate of drug-likeness (QED) is 0.689. The van der Waals surface area contributed by atoms with Gasteiger partial charge in [-0.15, -0.1) is 0 Å². The van der Waals surface area contributed by atoms with E-state index in [2.05, 4.69) is 6.92 Å². The summed E-state index contributed by atoms with van der Waals surface area (Å²) in [4.78, 5) is 25.3. The second-order valence-electron chi connectivity index (χ2n) is 5.28. The average molecular weight is 225 g/mol. The molecule has 0 spiro atoms. The number of hydrogen-bond acceptors (Lipinski definition) is 2. The maximum Gasteiger partial charge on any atom is 0.223 e. The molecule has 0 radical (unpaired) electrons. The lowest BCUT2D eigenvalue weighted by molar-refractivity contribution is -0.142. The van der Waals surface area contributed by atoms with Crippen molar-refractivity contribution >= 4 is 11.7 Å². The molecule has 0 saturated carbocycles. The van der Waals surface area contributed by atoms with Crippen LogP contribution in [0.1, 0.15) is 59.3 Å². The Morgan fingerprint density at radius 1 is 1.38 bits per heavy atom. The van der Waals surface area contributed by atoms with Gasteiger partial charge in [-0.3, -0.25) is 9.59 Å². The number of likely N-dealkylation sites (tertiary alicyclic amines) is 1. The summed E-state index contributed by atoms with van der Waals surface area (Å²) in [5.74, 6) is 0.494. The third kappa shape index (κ3) is 3.32. The molecule has 0 unspecified atom stereocenters. The van der Waals surface area contributed by atoms with Crippen LogP contribution in [0.3, 0.4) is 0 Å². The molecule has 3 heteroatoms. The van der Waals surface area contributed by atoms with Gasteiger partial charge in [0.25, 0.3) is 0 Å². The maximum atomic E-state index is 12.0. The van der Waals surface area contributed by atoms with Crippen molar-refractivity contribution in [3.05, 3.63) is 0 Å². The van der Waals surface area contributed by atoms with Crippen molar-refractivity contribution < 1.29 is 9.59 Å². The molecule has 0 atom stereocenters. The summed E-state index contributed by atoms with van der Waals surface area (Å²) in [5, 5.41) is 0. The Balaban J connectivity index is 2.51. The van der Waals surface area contributed by atoms with Crippen LogP contribution in [0.25, 0.3) is 0 Å². The first kappa shape index (κ1) is 13.2. The van der Waals surface area contributed by atoms with Crippen LogP contribution in [0.5, 0.6) is 0 Å². The minimum Gasteiger partial charge on any atom is -0.337 e. The molecule has 1 aliphatic rings. The average Bonchev–Trinajstić information content (AvgIpc) is 2.16. The fourth-order valence-electron chi connectivity index (χ4n) is 2.33. The molecule has 1 amide bonds. The summed E-state index contributed by atoms with van der Waals surface area (Å²) in [6.45, 7) is 6.72. The Labute approximate surface area is 98.2 Å². The third-order valence-corrected chi connectivity index (χ3v) is 3.27. The standard InChI is InChI=1S/C13H23NO2/c1-4-5-6-7-12(16)14-9-8-11(15)10-13(14,2)3/h4-10H2,1-3H3. The highest BCUT2D eigenvalue weighted by atomic mass is 16.2. The Morgan fingerprint density at radius 2 is 2.06 bits per heavy atom. The van der Waals surface area contributed by atoms with Gasteiger partial charge in [0.2, 0.25) is 5.91 Å². The molecule has 92 valence electrons.